The van der Waals surface area contributed by atoms with Crippen molar-refractivity contribution >= 4 is 15.9 Å². The summed E-state index contributed by atoms with van der Waals surface area (Å²) in [7, 11) is 3.44. The lowest BCUT2D eigenvalue weighted by Crippen LogP contribution is -2.25. The molecule has 0 saturated heterocycles. The highest BCUT2D eigenvalue weighted by Crippen LogP contribution is 2.26. The van der Waals surface area contributed by atoms with E-state index >= 15 is 0 Å². The fraction of sp³-hybridized carbons (Fsp3) is 0.769. The van der Waals surface area contributed by atoms with Crippen molar-refractivity contribution in [2.75, 3.05) is 34.0 Å². The standard InChI is InChI=1S/C13H24BrN3O2/c1-4-15-12(6-5-8-18-2)13-11(14)10-16-17(13)7-9-19-3/h10,12,15H,4-9H2,1-3H3. The van der Waals surface area contributed by atoms with Gasteiger partial charge in [-0.3, -0.25) is 4.68 Å². The van der Waals surface area contributed by atoms with E-state index in [1.807, 2.05) is 10.9 Å². The molecule has 0 aliphatic carbocycles. The third-order valence-electron chi connectivity index (χ3n) is 2.96. The maximum atomic E-state index is 5.13. The molecule has 0 radical (unpaired) electrons. The molecule has 19 heavy (non-hydrogen) atoms. The molecule has 0 aliphatic heterocycles. The van der Waals surface area contributed by atoms with Crippen LogP contribution >= 0.6 is 15.9 Å². The zero-order valence-corrected chi connectivity index (χ0v) is 13.6. The maximum absolute atomic E-state index is 5.13. The molecule has 6 heteroatoms. The van der Waals surface area contributed by atoms with Crippen LogP contribution in [0.3, 0.4) is 0 Å². The van der Waals surface area contributed by atoms with Crippen LogP contribution in [0.25, 0.3) is 0 Å². The molecule has 1 aromatic heterocycles. The molecule has 5 nitrogen and oxygen atoms in total. The molecule has 1 heterocycles. The number of nitrogens with zero attached hydrogens (tertiary/aromatic N) is 2. The Balaban J connectivity index is 2.77. The van der Waals surface area contributed by atoms with E-state index in [1.54, 1.807) is 14.2 Å². The minimum absolute atomic E-state index is 0.286. The van der Waals surface area contributed by atoms with Gasteiger partial charge >= 0.3 is 0 Å². The summed E-state index contributed by atoms with van der Waals surface area (Å²) in [4.78, 5) is 0. The topological polar surface area (TPSA) is 48.3 Å². The van der Waals surface area contributed by atoms with Crippen LogP contribution < -0.4 is 5.32 Å². The predicted octanol–water partition coefficient (Wildman–Crippen LogP) is 2.37. The molecule has 0 bridgehead atoms. The molecule has 0 aromatic carbocycles. The van der Waals surface area contributed by atoms with Gasteiger partial charge in [-0.05, 0) is 35.3 Å². The molecule has 1 rings (SSSR count). The van der Waals surface area contributed by atoms with Gasteiger partial charge in [-0.15, -0.1) is 0 Å². The summed E-state index contributed by atoms with van der Waals surface area (Å²) in [5, 5.41) is 7.92. The fourth-order valence-electron chi connectivity index (χ4n) is 2.09. The van der Waals surface area contributed by atoms with Gasteiger partial charge in [-0.1, -0.05) is 6.92 Å². The Labute approximate surface area is 123 Å². The van der Waals surface area contributed by atoms with Crippen molar-refractivity contribution < 1.29 is 9.47 Å². The molecular formula is C13H24BrN3O2. The Kier molecular flexibility index (Phi) is 8.29. The maximum Gasteiger partial charge on any atom is 0.0696 e. The van der Waals surface area contributed by atoms with E-state index in [0.29, 0.717) is 6.61 Å². The van der Waals surface area contributed by atoms with Gasteiger partial charge in [0.1, 0.15) is 0 Å². The predicted molar refractivity (Wildman–Crippen MR) is 79.3 cm³/mol. The first-order valence-corrected chi connectivity index (χ1v) is 7.46. The van der Waals surface area contributed by atoms with Crippen LogP contribution in [-0.4, -0.2) is 43.8 Å². The molecule has 1 N–H and O–H groups in total. The number of hydrogen-bond acceptors (Lipinski definition) is 4. The molecule has 110 valence electrons. The van der Waals surface area contributed by atoms with Crippen molar-refractivity contribution in [3.05, 3.63) is 16.4 Å². The summed E-state index contributed by atoms with van der Waals surface area (Å²) in [5.41, 5.74) is 1.19. The van der Waals surface area contributed by atoms with Crippen molar-refractivity contribution in [2.45, 2.75) is 32.4 Å². The summed E-state index contributed by atoms with van der Waals surface area (Å²) in [6, 6.07) is 0.286. The smallest absolute Gasteiger partial charge is 0.0696 e. The fourth-order valence-corrected chi connectivity index (χ4v) is 2.66. The highest BCUT2D eigenvalue weighted by molar-refractivity contribution is 9.10. The summed E-state index contributed by atoms with van der Waals surface area (Å²) in [6.07, 6.45) is 3.90. The number of hydrogen-bond donors (Lipinski definition) is 1. The van der Waals surface area contributed by atoms with E-state index in [0.717, 1.165) is 37.0 Å². The minimum Gasteiger partial charge on any atom is -0.385 e. The van der Waals surface area contributed by atoms with Gasteiger partial charge in [0.15, 0.2) is 0 Å². The van der Waals surface area contributed by atoms with Crippen LogP contribution in [0.2, 0.25) is 0 Å². The molecule has 0 amide bonds. The summed E-state index contributed by atoms with van der Waals surface area (Å²) >= 11 is 3.59. The zero-order chi connectivity index (χ0) is 14.1. The second-order valence-electron chi connectivity index (χ2n) is 4.34. The Morgan fingerprint density at radius 1 is 1.37 bits per heavy atom. The first-order chi connectivity index (χ1) is 9.24. The van der Waals surface area contributed by atoms with Crippen LogP contribution in [0.1, 0.15) is 31.5 Å². The van der Waals surface area contributed by atoms with Crippen LogP contribution in [0.5, 0.6) is 0 Å². The van der Waals surface area contributed by atoms with Crippen molar-refractivity contribution in [3.8, 4) is 0 Å². The van der Waals surface area contributed by atoms with Gasteiger partial charge in [-0.2, -0.15) is 5.10 Å². The van der Waals surface area contributed by atoms with E-state index in [1.165, 1.54) is 5.69 Å². The average Bonchev–Trinajstić information content (AvgIpc) is 2.77. The number of methoxy groups -OCH3 is 2. The Bertz CT molecular complexity index is 358. The van der Waals surface area contributed by atoms with E-state index in [-0.39, 0.29) is 6.04 Å². The third-order valence-corrected chi connectivity index (χ3v) is 3.57. The number of aromatic nitrogens is 2. The van der Waals surface area contributed by atoms with Crippen LogP contribution in [0.15, 0.2) is 10.7 Å². The highest BCUT2D eigenvalue weighted by atomic mass is 79.9. The van der Waals surface area contributed by atoms with Crippen molar-refractivity contribution in [2.24, 2.45) is 0 Å². The molecule has 1 unspecified atom stereocenters. The van der Waals surface area contributed by atoms with E-state index < -0.39 is 0 Å². The molecule has 0 aliphatic rings. The summed E-state index contributed by atoms with van der Waals surface area (Å²) in [6.45, 7) is 5.26. The second kappa shape index (κ2) is 9.47. The third kappa shape index (κ3) is 5.22. The normalized spacial score (nSPS) is 12.8. The lowest BCUT2D eigenvalue weighted by Gasteiger charge is -2.20. The molecular weight excluding hydrogens is 310 g/mol. The number of halogens is 1. The molecule has 0 fully saturated rings. The minimum atomic E-state index is 0.286. The van der Waals surface area contributed by atoms with Gasteiger partial charge in [0.2, 0.25) is 0 Å². The average molecular weight is 334 g/mol. The summed E-state index contributed by atoms with van der Waals surface area (Å²) < 4.78 is 13.3. The number of rotatable bonds is 10. The zero-order valence-electron chi connectivity index (χ0n) is 12.0. The Morgan fingerprint density at radius 2 is 2.11 bits per heavy atom. The molecule has 0 saturated carbocycles. The number of ether oxygens (including phenoxy) is 2. The van der Waals surface area contributed by atoms with Gasteiger partial charge in [0.05, 0.1) is 35.6 Å². The van der Waals surface area contributed by atoms with E-state index in [4.69, 9.17) is 9.47 Å². The quantitative estimate of drug-likeness (QED) is 0.668. The number of nitrogens with one attached hydrogen (secondary N) is 1. The van der Waals surface area contributed by atoms with Crippen LogP contribution in [0, 0.1) is 0 Å². The SMILES string of the molecule is CCNC(CCCOC)c1c(Br)cnn1CCOC. The Hall–Kier alpha value is -0.430. The van der Waals surface area contributed by atoms with Gasteiger partial charge in [-0.25, -0.2) is 0 Å². The van der Waals surface area contributed by atoms with Gasteiger partial charge in [0, 0.05) is 20.8 Å². The van der Waals surface area contributed by atoms with Crippen molar-refractivity contribution in [3.63, 3.8) is 0 Å². The first kappa shape index (κ1) is 16.6. The van der Waals surface area contributed by atoms with Crippen LogP contribution in [0.4, 0.5) is 0 Å². The highest BCUT2D eigenvalue weighted by Gasteiger charge is 2.19. The molecule has 1 atom stereocenters. The van der Waals surface area contributed by atoms with Gasteiger partial charge < -0.3 is 14.8 Å². The van der Waals surface area contributed by atoms with Crippen LogP contribution in [-0.2, 0) is 16.0 Å². The monoisotopic (exact) mass is 333 g/mol. The largest absolute Gasteiger partial charge is 0.385 e. The second-order valence-corrected chi connectivity index (χ2v) is 5.19. The lowest BCUT2D eigenvalue weighted by atomic mass is 10.1. The first-order valence-electron chi connectivity index (χ1n) is 6.67. The molecule has 1 aromatic rings. The van der Waals surface area contributed by atoms with E-state index in [2.05, 4.69) is 33.3 Å². The van der Waals surface area contributed by atoms with Crippen molar-refractivity contribution in [1.82, 2.24) is 15.1 Å². The summed E-state index contributed by atoms with van der Waals surface area (Å²) in [5.74, 6) is 0. The lowest BCUT2D eigenvalue weighted by molar-refractivity contribution is 0.179. The Morgan fingerprint density at radius 3 is 2.74 bits per heavy atom. The van der Waals surface area contributed by atoms with E-state index in [9.17, 15) is 0 Å². The molecule has 0 spiro atoms. The van der Waals surface area contributed by atoms with Gasteiger partial charge in [0.25, 0.3) is 0 Å². The van der Waals surface area contributed by atoms with Crippen molar-refractivity contribution in [1.29, 1.82) is 0 Å².